The number of amides is 1. The topological polar surface area (TPSA) is 42.4 Å². The van der Waals surface area contributed by atoms with Crippen molar-refractivity contribution in [2.24, 2.45) is 5.92 Å². The van der Waals surface area contributed by atoms with Crippen molar-refractivity contribution in [1.29, 1.82) is 0 Å². The van der Waals surface area contributed by atoms with Gasteiger partial charge in [0.15, 0.2) is 0 Å². The van der Waals surface area contributed by atoms with E-state index < -0.39 is 0 Å². The number of rotatable bonds is 6. The summed E-state index contributed by atoms with van der Waals surface area (Å²) in [6.45, 7) is 7.34. The lowest BCUT2D eigenvalue weighted by atomic mass is 9.82. The van der Waals surface area contributed by atoms with Crippen molar-refractivity contribution in [3.63, 3.8) is 0 Å². The number of aromatic nitrogens is 1. The Balaban J connectivity index is 1.67. The minimum atomic E-state index is 0.100. The van der Waals surface area contributed by atoms with E-state index in [4.69, 9.17) is 4.74 Å². The second-order valence-corrected chi connectivity index (χ2v) is 8.73. The fraction of sp³-hybridized carbons (Fsp3) is 0.800. The van der Waals surface area contributed by atoms with Gasteiger partial charge >= 0.3 is 0 Å². The maximum atomic E-state index is 13.2. The molecule has 1 aromatic rings. The van der Waals surface area contributed by atoms with Crippen LogP contribution in [0.3, 0.4) is 0 Å². The summed E-state index contributed by atoms with van der Waals surface area (Å²) in [7, 11) is 0. The molecule has 2 fully saturated rings. The van der Waals surface area contributed by atoms with Crippen molar-refractivity contribution in [3.05, 3.63) is 16.1 Å². The zero-order chi connectivity index (χ0) is 17.8. The van der Waals surface area contributed by atoms with Crippen LogP contribution in [0.25, 0.3) is 0 Å². The Labute approximate surface area is 156 Å². The first-order valence-corrected chi connectivity index (χ1v) is 10.9. The Kier molecular flexibility index (Phi) is 6.50. The molecule has 0 bridgehead atoms. The van der Waals surface area contributed by atoms with E-state index in [0.29, 0.717) is 11.7 Å². The summed E-state index contributed by atoms with van der Waals surface area (Å²) in [6, 6.07) is 0.585. The number of hydrogen-bond acceptors (Lipinski definition) is 4. The summed E-state index contributed by atoms with van der Waals surface area (Å²) in [5.41, 5.74) is 0.611. The van der Waals surface area contributed by atoms with E-state index in [9.17, 15) is 4.79 Å². The fourth-order valence-corrected chi connectivity index (χ4v) is 5.25. The summed E-state index contributed by atoms with van der Waals surface area (Å²) in [4.78, 5) is 19.9. The Morgan fingerprint density at radius 1 is 1.32 bits per heavy atom. The van der Waals surface area contributed by atoms with Gasteiger partial charge in [-0.25, -0.2) is 4.98 Å². The molecule has 4 nitrogen and oxygen atoms in total. The minimum absolute atomic E-state index is 0.100. The van der Waals surface area contributed by atoms with Gasteiger partial charge in [0.25, 0.3) is 5.91 Å². The van der Waals surface area contributed by atoms with Gasteiger partial charge in [0.05, 0.1) is 0 Å². The third kappa shape index (κ3) is 4.43. The van der Waals surface area contributed by atoms with Crippen molar-refractivity contribution in [3.8, 4) is 0 Å². The van der Waals surface area contributed by atoms with Gasteiger partial charge in [0.2, 0.25) is 0 Å². The average Bonchev–Trinajstić information content (AvgIpc) is 3.28. The molecular weight excluding hydrogens is 332 g/mol. The van der Waals surface area contributed by atoms with Crippen LogP contribution in [0.4, 0.5) is 0 Å². The molecule has 1 saturated heterocycles. The molecular formula is C20H32N2O2S. The smallest absolute Gasteiger partial charge is 0.273 e. The quantitative estimate of drug-likeness (QED) is 0.696. The number of thiazole rings is 1. The molecule has 0 aromatic carbocycles. The van der Waals surface area contributed by atoms with Crippen LogP contribution in [-0.4, -0.2) is 34.5 Å². The highest BCUT2D eigenvalue weighted by molar-refractivity contribution is 7.09. The molecule has 25 heavy (non-hydrogen) atoms. The van der Waals surface area contributed by atoms with E-state index in [0.717, 1.165) is 43.2 Å². The van der Waals surface area contributed by atoms with Crippen molar-refractivity contribution in [2.45, 2.75) is 90.3 Å². The van der Waals surface area contributed by atoms with Gasteiger partial charge in [0, 0.05) is 24.1 Å². The molecule has 1 atom stereocenters. The summed E-state index contributed by atoms with van der Waals surface area (Å²) < 4.78 is 5.71. The SMILES string of the molecule is CCCC1CCC(N(C(=O)c2csc(C3CCCO3)n2)C(C)C)CC1. The van der Waals surface area contributed by atoms with Crippen LogP contribution in [0.5, 0.6) is 0 Å². The Hall–Kier alpha value is -0.940. The molecule has 140 valence electrons. The van der Waals surface area contributed by atoms with Crippen molar-refractivity contribution < 1.29 is 9.53 Å². The van der Waals surface area contributed by atoms with E-state index in [2.05, 4.69) is 30.7 Å². The van der Waals surface area contributed by atoms with Crippen LogP contribution < -0.4 is 0 Å². The highest BCUT2D eigenvalue weighted by Gasteiger charge is 2.32. The second kappa shape index (κ2) is 8.63. The highest BCUT2D eigenvalue weighted by Crippen LogP contribution is 2.34. The second-order valence-electron chi connectivity index (χ2n) is 7.84. The van der Waals surface area contributed by atoms with E-state index in [1.807, 2.05) is 5.38 Å². The molecule has 1 amide bonds. The molecule has 3 rings (SSSR count). The zero-order valence-electron chi connectivity index (χ0n) is 15.9. The molecule has 1 aliphatic heterocycles. The maximum Gasteiger partial charge on any atom is 0.273 e. The summed E-state index contributed by atoms with van der Waals surface area (Å²) >= 11 is 1.57. The van der Waals surface area contributed by atoms with Gasteiger partial charge in [-0.1, -0.05) is 19.8 Å². The van der Waals surface area contributed by atoms with Crippen LogP contribution in [0.15, 0.2) is 5.38 Å². The lowest BCUT2D eigenvalue weighted by Crippen LogP contribution is -2.46. The largest absolute Gasteiger partial charge is 0.371 e. The van der Waals surface area contributed by atoms with E-state index in [1.165, 1.54) is 25.7 Å². The van der Waals surface area contributed by atoms with Crippen molar-refractivity contribution >= 4 is 17.2 Å². The number of carbonyl (C=O) groups is 1. The predicted molar refractivity (Wildman–Crippen MR) is 102 cm³/mol. The Morgan fingerprint density at radius 3 is 2.68 bits per heavy atom. The molecule has 0 radical (unpaired) electrons. The van der Waals surface area contributed by atoms with E-state index in [-0.39, 0.29) is 18.1 Å². The molecule has 1 aliphatic carbocycles. The first-order chi connectivity index (χ1) is 12.1. The van der Waals surface area contributed by atoms with E-state index >= 15 is 0 Å². The third-order valence-electron chi connectivity index (χ3n) is 5.64. The highest BCUT2D eigenvalue weighted by atomic mass is 32.1. The molecule has 1 unspecified atom stereocenters. The average molecular weight is 365 g/mol. The molecule has 1 saturated carbocycles. The van der Waals surface area contributed by atoms with Gasteiger partial charge in [-0.15, -0.1) is 11.3 Å². The maximum absolute atomic E-state index is 13.2. The first kappa shape index (κ1) is 18.8. The van der Waals surface area contributed by atoms with Crippen LogP contribution in [0.1, 0.15) is 93.7 Å². The molecule has 0 N–H and O–H groups in total. The summed E-state index contributed by atoms with van der Waals surface area (Å²) in [5, 5.41) is 2.90. The molecule has 2 aliphatic rings. The monoisotopic (exact) mass is 364 g/mol. The van der Waals surface area contributed by atoms with Gasteiger partial charge in [-0.2, -0.15) is 0 Å². The minimum Gasteiger partial charge on any atom is -0.371 e. The summed E-state index contributed by atoms with van der Waals surface area (Å²) in [6.07, 6.45) is 9.60. The van der Waals surface area contributed by atoms with Crippen LogP contribution in [0.2, 0.25) is 0 Å². The number of carbonyl (C=O) groups excluding carboxylic acids is 1. The van der Waals surface area contributed by atoms with Crippen LogP contribution in [-0.2, 0) is 4.74 Å². The molecule has 0 spiro atoms. The van der Waals surface area contributed by atoms with Gasteiger partial charge in [-0.05, 0) is 58.3 Å². The summed E-state index contributed by atoms with van der Waals surface area (Å²) in [5.74, 6) is 0.963. The Morgan fingerprint density at radius 2 is 2.08 bits per heavy atom. The number of nitrogens with zero attached hydrogens (tertiary/aromatic N) is 2. The lowest BCUT2D eigenvalue weighted by Gasteiger charge is -2.39. The van der Waals surface area contributed by atoms with Crippen molar-refractivity contribution in [2.75, 3.05) is 6.61 Å². The zero-order valence-corrected chi connectivity index (χ0v) is 16.7. The van der Waals surface area contributed by atoms with Crippen molar-refractivity contribution in [1.82, 2.24) is 9.88 Å². The van der Waals surface area contributed by atoms with Crippen LogP contribution in [0, 0.1) is 5.92 Å². The molecule has 1 aromatic heterocycles. The molecule has 5 heteroatoms. The third-order valence-corrected chi connectivity index (χ3v) is 6.58. The van der Waals surface area contributed by atoms with Gasteiger partial charge in [0.1, 0.15) is 16.8 Å². The van der Waals surface area contributed by atoms with Crippen LogP contribution >= 0.6 is 11.3 Å². The number of hydrogen-bond donors (Lipinski definition) is 0. The fourth-order valence-electron chi connectivity index (χ4n) is 4.38. The normalized spacial score (nSPS) is 27.0. The Bertz CT molecular complexity index is 558. The predicted octanol–water partition coefficient (Wildman–Crippen LogP) is 5.20. The van der Waals surface area contributed by atoms with Gasteiger partial charge in [-0.3, -0.25) is 4.79 Å². The first-order valence-electron chi connectivity index (χ1n) is 9.99. The van der Waals surface area contributed by atoms with Gasteiger partial charge < -0.3 is 9.64 Å². The number of ether oxygens (including phenoxy) is 1. The molecule has 2 heterocycles. The van der Waals surface area contributed by atoms with E-state index in [1.54, 1.807) is 11.3 Å². The lowest BCUT2D eigenvalue weighted by molar-refractivity contribution is 0.0517. The standard InChI is InChI=1S/C20H32N2O2S/c1-4-6-15-8-10-16(11-9-15)22(14(2)3)20(23)17-13-25-19(21-17)18-7-5-12-24-18/h13-16,18H,4-12H2,1-3H3.